The standard InChI is InChI=1S/C34H70O/c1-2-3-4-5-6-7-8-9-10-11-12-13-14-15-16-17-18-19-20-21-22-23-24-25-26-27-28-29-30-31-32-33-34-35/h35H,2-34H2,1H3/i31D2,32D2. The Kier molecular flexibility index (Phi) is 27.1. The van der Waals surface area contributed by atoms with Crippen LogP contribution in [0.25, 0.3) is 0 Å². The van der Waals surface area contributed by atoms with Crippen LogP contribution in [0.5, 0.6) is 0 Å². The fourth-order valence-electron chi connectivity index (χ4n) is 5.12. The van der Waals surface area contributed by atoms with E-state index in [9.17, 15) is 0 Å². The maximum absolute atomic E-state index is 8.94. The Labute approximate surface area is 229 Å². The van der Waals surface area contributed by atoms with Gasteiger partial charge in [0.05, 0.1) is 0 Å². The van der Waals surface area contributed by atoms with Crippen LogP contribution in [0.3, 0.4) is 0 Å². The number of aliphatic hydroxyl groups excluding tert-OH is 1. The van der Waals surface area contributed by atoms with Crippen LogP contribution in [-0.2, 0) is 0 Å². The monoisotopic (exact) mass is 499 g/mol. The van der Waals surface area contributed by atoms with Gasteiger partial charge >= 0.3 is 0 Å². The normalized spacial score (nSPS) is 14.0. The molecule has 0 rings (SSSR count). The molecule has 0 bridgehead atoms. The largest absolute Gasteiger partial charge is 0.396 e. The molecule has 35 heavy (non-hydrogen) atoms. The van der Waals surface area contributed by atoms with Gasteiger partial charge < -0.3 is 5.11 Å². The van der Waals surface area contributed by atoms with Crippen molar-refractivity contribution in [3.8, 4) is 0 Å². The molecule has 0 amide bonds. The van der Waals surface area contributed by atoms with Crippen LogP contribution < -0.4 is 0 Å². The van der Waals surface area contributed by atoms with E-state index in [2.05, 4.69) is 6.92 Å². The molecule has 0 aliphatic heterocycles. The van der Waals surface area contributed by atoms with Gasteiger partial charge in [0.2, 0.25) is 0 Å². The van der Waals surface area contributed by atoms with Gasteiger partial charge in [-0.2, -0.15) is 0 Å². The van der Waals surface area contributed by atoms with Crippen molar-refractivity contribution in [2.75, 3.05) is 6.61 Å². The molecule has 212 valence electrons. The van der Waals surface area contributed by atoms with Crippen molar-refractivity contribution >= 4 is 0 Å². The average molecular weight is 499 g/mol. The van der Waals surface area contributed by atoms with E-state index in [-0.39, 0.29) is 19.4 Å². The van der Waals surface area contributed by atoms with E-state index in [1.54, 1.807) is 0 Å². The van der Waals surface area contributed by atoms with E-state index in [0.717, 1.165) is 19.3 Å². The van der Waals surface area contributed by atoms with Crippen molar-refractivity contribution in [3.63, 3.8) is 0 Å². The first kappa shape index (κ1) is 28.0. The molecule has 0 fully saturated rings. The van der Waals surface area contributed by atoms with Gasteiger partial charge in [0.25, 0.3) is 0 Å². The van der Waals surface area contributed by atoms with E-state index in [1.165, 1.54) is 161 Å². The summed E-state index contributed by atoms with van der Waals surface area (Å²) in [5.41, 5.74) is 0. The predicted octanol–water partition coefficient (Wildman–Crippen LogP) is 12.5. The second-order valence-electron chi connectivity index (χ2n) is 11.1. The summed E-state index contributed by atoms with van der Waals surface area (Å²) in [4.78, 5) is 0. The van der Waals surface area contributed by atoms with Gasteiger partial charge in [-0.1, -0.05) is 206 Å². The highest BCUT2D eigenvalue weighted by atomic mass is 16.2. The highest BCUT2D eigenvalue weighted by molar-refractivity contribution is 4.52. The molecule has 0 aliphatic carbocycles. The molecular formula is C34H70O. The quantitative estimate of drug-likeness (QED) is 0.0914. The molecule has 0 unspecified atom stereocenters. The van der Waals surface area contributed by atoms with Crippen molar-refractivity contribution in [2.24, 2.45) is 0 Å². The Balaban J connectivity index is 3.20. The highest BCUT2D eigenvalue weighted by Crippen LogP contribution is 2.16. The number of aliphatic hydroxyl groups is 1. The Morgan fingerprint density at radius 1 is 0.314 bits per heavy atom. The van der Waals surface area contributed by atoms with Gasteiger partial charge in [-0.05, 0) is 6.42 Å². The fraction of sp³-hybridized carbons (Fsp3) is 1.00. The molecule has 1 nitrogen and oxygen atoms in total. The summed E-state index contributed by atoms with van der Waals surface area (Å²) < 4.78 is 31.5. The van der Waals surface area contributed by atoms with Crippen molar-refractivity contribution in [2.45, 2.75) is 212 Å². The molecule has 1 heteroatoms. The van der Waals surface area contributed by atoms with Crippen LogP contribution in [0.4, 0.5) is 0 Å². The predicted molar refractivity (Wildman–Crippen MR) is 161 cm³/mol. The molecule has 0 aromatic heterocycles. The first-order valence-electron chi connectivity index (χ1n) is 18.5. The Morgan fingerprint density at radius 2 is 0.514 bits per heavy atom. The first-order valence-corrected chi connectivity index (χ1v) is 16.5. The van der Waals surface area contributed by atoms with Crippen LogP contribution in [-0.4, -0.2) is 11.7 Å². The van der Waals surface area contributed by atoms with E-state index in [0.29, 0.717) is 0 Å². The topological polar surface area (TPSA) is 20.2 Å². The zero-order chi connectivity index (χ0) is 28.9. The van der Waals surface area contributed by atoms with Crippen LogP contribution >= 0.6 is 0 Å². The Morgan fingerprint density at radius 3 is 0.743 bits per heavy atom. The van der Waals surface area contributed by atoms with Crippen molar-refractivity contribution in [1.29, 1.82) is 0 Å². The second-order valence-corrected chi connectivity index (χ2v) is 11.1. The molecule has 0 atom stereocenters. The number of unbranched alkanes of at least 4 members (excludes halogenated alkanes) is 27. The third kappa shape index (κ3) is 34.0. The number of rotatable bonds is 32. The molecule has 0 saturated heterocycles. The van der Waals surface area contributed by atoms with Gasteiger partial charge in [-0.3, -0.25) is 0 Å². The van der Waals surface area contributed by atoms with E-state index >= 15 is 0 Å². The number of hydrogen-bond donors (Lipinski definition) is 1. The van der Waals surface area contributed by atoms with Crippen molar-refractivity contribution in [3.05, 3.63) is 0 Å². The van der Waals surface area contributed by atoms with Crippen LogP contribution in [0.2, 0.25) is 0 Å². The Bertz CT molecular complexity index is 484. The lowest BCUT2D eigenvalue weighted by Gasteiger charge is -2.04. The van der Waals surface area contributed by atoms with E-state index < -0.39 is 12.7 Å². The van der Waals surface area contributed by atoms with Crippen LogP contribution in [0, 0.1) is 0 Å². The maximum atomic E-state index is 8.94. The summed E-state index contributed by atoms with van der Waals surface area (Å²) in [6, 6.07) is 0. The second kappa shape index (κ2) is 34.0. The van der Waals surface area contributed by atoms with Gasteiger partial charge in [-0.25, -0.2) is 0 Å². The van der Waals surface area contributed by atoms with E-state index in [1.807, 2.05) is 0 Å². The maximum Gasteiger partial charge on any atom is 0.0431 e. The van der Waals surface area contributed by atoms with Gasteiger partial charge in [0, 0.05) is 12.1 Å². The van der Waals surface area contributed by atoms with Crippen molar-refractivity contribution < 1.29 is 10.6 Å². The van der Waals surface area contributed by atoms with Gasteiger partial charge in [0.1, 0.15) is 0 Å². The lowest BCUT2D eigenvalue weighted by molar-refractivity contribution is 0.282. The smallest absolute Gasteiger partial charge is 0.0431 e. The summed E-state index contributed by atoms with van der Waals surface area (Å²) in [5, 5.41) is 8.94. The third-order valence-electron chi connectivity index (χ3n) is 7.52. The molecule has 0 spiro atoms. The zero-order valence-corrected chi connectivity index (χ0v) is 24.4. The molecular weight excluding hydrogens is 424 g/mol. The molecule has 0 aromatic carbocycles. The molecule has 0 heterocycles. The first-order chi connectivity index (χ1) is 18.9. The summed E-state index contributed by atoms with van der Waals surface area (Å²) in [5.74, 6) is 0. The van der Waals surface area contributed by atoms with Crippen LogP contribution in [0.15, 0.2) is 0 Å². The SMILES string of the molecule is [2H]C([2H])(CCO)C([2H])([2H])CCCCCCCCCCCCCCCCCCCCCCCCCCCCCC. The third-order valence-corrected chi connectivity index (χ3v) is 7.52. The molecule has 0 aliphatic rings. The van der Waals surface area contributed by atoms with Crippen LogP contribution in [0.1, 0.15) is 218 Å². The minimum absolute atomic E-state index is 0.125. The van der Waals surface area contributed by atoms with Gasteiger partial charge in [-0.15, -0.1) is 0 Å². The minimum atomic E-state index is -1.94. The zero-order valence-electron chi connectivity index (χ0n) is 28.4. The molecule has 0 aromatic rings. The summed E-state index contributed by atoms with van der Waals surface area (Å²) in [6.07, 6.45) is 34.5. The lowest BCUT2D eigenvalue weighted by atomic mass is 10.0. The number of hydrogen-bond acceptors (Lipinski definition) is 1. The van der Waals surface area contributed by atoms with Gasteiger partial charge in [0.15, 0.2) is 0 Å². The van der Waals surface area contributed by atoms with Crippen molar-refractivity contribution in [1.82, 2.24) is 0 Å². The van der Waals surface area contributed by atoms with E-state index in [4.69, 9.17) is 10.6 Å². The molecule has 1 N–H and O–H groups in total. The fourth-order valence-corrected chi connectivity index (χ4v) is 5.12. The summed E-state index contributed by atoms with van der Waals surface area (Å²) in [7, 11) is 0. The minimum Gasteiger partial charge on any atom is -0.396 e. The molecule has 0 radical (unpaired) electrons. The lowest BCUT2D eigenvalue weighted by Crippen LogP contribution is -1.85. The summed E-state index contributed by atoms with van der Waals surface area (Å²) in [6.45, 7) is 1.99. The highest BCUT2D eigenvalue weighted by Gasteiger charge is 1.97. The molecule has 0 saturated carbocycles. The average Bonchev–Trinajstić information content (AvgIpc) is 2.90. The Hall–Kier alpha value is -0.0400. The summed E-state index contributed by atoms with van der Waals surface area (Å²) >= 11 is 0.